The van der Waals surface area contributed by atoms with Gasteiger partial charge in [0.05, 0.1) is 11.5 Å². The molecule has 4 aromatic rings. The Bertz CT molecular complexity index is 2130. The van der Waals surface area contributed by atoms with Crippen molar-refractivity contribution in [3.05, 3.63) is 81.4 Å². The molecule has 12 heteroatoms. The number of benzene rings is 1. The molecule has 8 rings (SSSR count). The van der Waals surface area contributed by atoms with E-state index in [1.807, 2.05) is 12.3 Å². The minimum absolute atomic E-state index is 0.0340. The minimum atomic E-state index is -0.252. The van der Waals surface area contributed by atoms with E-state index in [0.717, 1.165) is 80.9 Å². The zero-order valence-corrected chi connectivity index (χ0v) is 32.8. The lowest BCUT2D eigenvalue weighted by molar-refractivity contribution is -0.134. The van der Waals surface area contributed by atoms with E-state index in [4.69, 9.17) is 4.98 Å². The summed E-state index contributed by atoms with van der Waals surface area (Å²) in [5.41, 5.74) is 4.60. The number of nitrogens with zero attached hydrogens (tertiary/aromatic N) is 6. The third kappa shape index (κ3) is 8.12. The third-order valence-corrected chi connectivity index (χ3v) is 13.0. The van der Waals surface area contributed by atoms with Crippen molar-refractivity contribution in [1.82, 2.24) is 29.7 Å². The molecule has 12 nitrogen and oxygen atoms in total. The van der Waals surface area contributed by atoms with Crippen LogP contribution >= 0.6 is 0 Å². The molecular weight excluding hydrogens is 705 g/mol. The van der Waals surface area contributed by atoms with Crippen molar-refractivity contribution in [2.24, 2.45) is 11.8 Å². The highest BCUT2D eigenvalue weighted by molar-refractivity contribution is 6.01. The second-order valence-electron chi connectivity index (χ2n) is 16.5. The number of pyridine rings is 2. The van der Waals surface area contributed by atoms with Crippen LogP contribution < -0.4 is 21.1 Å². The van der Waals surface area contributed by atoms with E-state index in [-0.39, 0.29) is 40.7 Å². The standard InChI is InChI=1S/C44H54N8O4/c1-28-37-27-46-44(49-41(37)52(35-7-3-4-8-35)43(56)40(28)29(2)53)47-38-15-9-30(26-45-38)6-5-21-50-22-17-31(18-23-50)32-19-24-51(25-20-32)34-12-10-33(11-13-34)36-14-16-39(54)48-42(36)55/h9-13,15,26-27,31-32,35-36H,3-8,14,16-25H2,1-2H3,(H,48,54,55)(H,45,46,47,49). The molecule has 1 saturated carbocycles. The molecule has 3 aromatic heterocycles. The third-order valence-electron chi connectivity index (χ3n) is 13.0. The number of hydrogen-bond donors (Lipinski definition) is 2. The van der Waals surface area contributed by atoms with Crippen LogP contribution in [0.5, 0.6) is 0 Å². The van der Waals surface area contributed by atoms with E-state index in [1.165, 1.54) is 56.9 Å². The number of amides is 2. The number of nitrogens with one attached hydrogen (secondary N) is 2. The van der Waals surface area contributed by atoms with Gasteiger partial charge in [0.25, 0.3) is 5.56 Å². The number of hydrogen-bond acceptors (Lipinski definition) is 10. The normalized spacial score (nSPS) is 20.5. The van der Waals surface area contributed by atoms with Crippen molar-refractivity contribution >= 4 is 46.1 Å². The Morgan fingerprint density at radius 2 is 1.57 bits per heavy atom. The van der Waals surface area contributed by atoms with Gasteiger partial charge in [-0.1, -0.05) is 31.0 Å². The maximum Gasteiger partial charge on any atom is 0.263 e. The summed E-state index contributed by atoms with van der Waals surface area (Å²) < 4.78 is 1.73. The fraction of sp³-hybridized carbons (Fsp3) is 0.523. The van der Waals surface area contributed by atoms with Crippen molar-refractivity contribution in [3.63, 3.8) is 0 Å². The summed E-state index contributed by atoms with van der Waals surface area (Å²) in [6, 6.07) is 12.5. The highest BCUT2D eigenvalue weighted by atomic mass is 16.2. The fourth-order valence-electron chi connectivity index (χ4n) is 9.78. The molecule has 3 aliphatic heterocycles. The van der Waals surface area contributed by atoms with Crippen LogP contribution in [-0.2, 0) is 16.0 Å². The smallest absolute Gasteiger partial charge is 0.263 e. The zero-order valence-electron chi connectivity index (χ0n) is 32.8. The van der Waals surface area contributed by atoms with Crippen molar-refractivity contribution < 1.29 is 14.4 Å². The molecule has 6 heterocycles. The van der Waals surface area contributed by atoms with Crippen LogP contribution in [-0.4, -0.2) is 74.7 Å². The molecule has 4 aliphatic rings. The average Bonchev–Trinajstić information content (AvgIpc) is 3.74. The number of rotatable bonds is 11. The molecule has 294 valence electrons. The van der Waals surface area contributed by atoms with Gasteiger partial charge in [-0.3, -0.25) is 29.1 Å². The number of piperidine rings is 3. The molecule has 0 radical (unpaired) electrons. The number of carbonyl (C=O) groups is 3. The van der Waals surface area contributed by atoms with Gasteiger partial charge in [-0.15, -0.1) is 0 Å². The summed E-state index contributed by atoms with van der Waals surface area (Å²) in [4.78, 5) is 68.9. The number of aryl methyl sites for hydroxylation is 2. The summed E-state index contributed by atoms with van der Waals surface area (Å²) in [5.74, 6) is 1.81. The molecule has 1 aromatic carbocycles. The minimum Gasteiger partial charge on any atom is -0.372 e. The number of aromatic nitrogens is 4. The first-order valence-electron chi connectivity index (χ1n) is 20.8. The van der Waals surface area contributed by atoms with Gasteiger partial charge >= 0.3 is 0 Å². The van der Waals surface area contributed by atoms with Crippen molar-refractivity contribution in [3.8, 4) is 0 Å². The average molecular weight is 759 g/mol. The molecule has 1 unspecified atom stereocenters. The first kappa shape index (κ1) is 37.9. The Hall–Kier alpha value is -4.97. The second-order valence-corrected chi connectivity index (χ2v) is 16.5. The monoisotopic (exact) mass is 758 g/mol. The van der Waals surface area contributed by atoms with Crippen LogP contribution in [0, 0.1) is 18.8 Å². The second kappa shape index (κ2) is 16.6. The number of fused-ring (bicyclic) bond motifs is 1. The maximum absolute atomic E-state index is 13.5. The highest BCUT2D eigenvalue weighted by Gasteiger charge is 2.31. The molecule has 0 spiro atoms. The lowest BCUT2D eigenvalue weighted by Crippen LogP contribution is -2.41. The van der Waals surface area contributed by atoms with Crippen molar-refractivity contribution in [1.29, 1.82) is 0 Å². The van der Waals surface area contributed by atoms with Crippen LogP contribution in [0.25, 0.3) is 11.0 Å². The van der Waals surface area contributed by atoms with Gasteiger partial charge in [-0.2, -0.15) is 4.98 Å². The molecule has 56 heavy (non-hydrogen) atoms. The summed E-state index contributed by atoms with van der Waals surface area (Å²) in [6.45, 7) is 8.84. The summed E-state index contributed by atoms with van der Waals surface area (Å²) in [6.07, 6.45) is 15.6. The van der Waals surface area contributed by atoms with Gasteiger partial charge in [0.15, 0.2) is 5.78 Å². The number of ketones is 1. The molecule has 2 N–H and O–H groups in total. The number of anilines is 3. The van der Waals surface area contributed by atoms with E-state index in [2.05, 4.69) is 60.7 Å². The molecular formula is C44H54N8O4. The molecule has 1 aliphatic carbocycles. The Morgan fingerprint density at radius 3 is 2.23 bits per heavy atom. The van der Waals surface area contributed by atoms with Crippen molar-refractivity contribution in [2.75, 3.05) is 42.9 Å². The van der Waals surface area contributed by atoms with Crippen LogP contribution in [0.2, 0.25) is 0 Å². The van der Waals surface area contributed by atoms with Gasteiger partial charge in [0, 0.05) is 49.0 Å². The molecule has 3 saturated heterocycles. The maximum atomic E-state index is 13.5. The quantitative estimate of drug-likeness (QED) is 0.126. The molecule has 4 fully saturated rings. The number of Topliss-reactive ketones (excluding diaryl/α,β-unsaturated/α-hetero) is 1. The first-order valence-corrected chi connectivity index (χ1v) is 20.8. The molecule has 0 bridgehead atoms. The largest absolute Gasteiger partial charge is 0.372 e. The highest BCUT2D eigenvalue weighted by Crippen LogP contribution is 2.35. The van der Waals surface area contributed by atoms with E-state index in [9.17, 15) is 19.2 Å². The summed E-state index contributed by atoms with van der Waals surface area (Å²) in [7, 11) is 0. The van der Waals surface area contributed by atoms with Gasteiger partial charge in [0.2, 0.25) is 17.8 Å². The van der Waals surface area contributed by atoms with Crippen LogP contribution in [0.15, 0.2) is 53.6 Å². The molecule has 1 atom stereocenters. The van der Waals surface area contributed by atoms with E-state index >= 15 is 0 Å². The van der Waals surface area contributed by atoms with Gasteiger partial charge in [-0.05, 0) is 138 Å². The lowest BCUT2D eigenvalue weighted by atomic mass is 9.78. The zero-order chi connectivity index (χ0) is 38.8. The SMILES string of the molecule is CC(=O)c1c(C)c2cnc(Nc3ccc(CCCN4CCC(C5CCN(c6ccc(C7CCC(=O)NC7=O)cc6)CC5)CC4)cn3)nc2n(C2CCCC2)c1=O. The number of imide groups is 1. The molecule has 2 amide bonds. The first-order chi connectivity index (χ1) is 27.2. The summed E-state index contributed by atoms with van der Waals surface area (Å²) >= 11 is 0. The van der Waals surface area contributed by atoms with Crippen LogP contribution in [0.4, 0.5) is 17.5 Å². The Morgan fingerprint density at radius 1 is 0.857 bits per heavy atom. The van der Waals surface area contributed by atoms with E-state index < -0.39 is 0 Å². The van der Waals surface area contributed by atoms with E-state index in [1.54, 1.807) is 17.7 Å². The number of likely N-dealkylation sites (tertiary alicyclic amines) is 1. The predicted octanol–water partition coefficient (Wildman–Crippen LogP) is 6.64. The Balaban J connectivity index is 0.782. The van der Waals surface area contributed by atoms with Gasteiger partial charge < -0.3 is 15.1 Å². The fourth-order valence-corrected chi connectivity index (χ4v) is 9.78. The van der Waals surface area contributed by atoms with Crippen LogP contribution in [0.3, 0.4) is 0 Å². The van der Waals surface area contributed by atoms with Crippen molar-refractivity contribution in [2.45, 2.75) is 103 Å². The van der Waals surface area contributed by atoms with Gasteiger partial charge in [-0.25, -0.2) is 9.97 Å². The predicted molar refractivity (Wildman–Crippen MR) is 218 cm³/mol. The Labute approximate surface area is 328 Å². The Kier molecular flexibility index (Phi) is 11.3. The lowest BCUT2D eigenvalue weighted by Gasteiger charge is -2.41. The topological polar surface area (TPSA) is 142 Å². The number of carbonyl (C=O) groups excluding carboxylic acids is 3. The van der Waals surface area contributed by atoms with Gasteiger partial charge in [0.1, 0.15) is 11.5 Å². The van der Waals surface area contributed by atoms with E-state index in [0.29, 0.717) is 35.8 Å². The summed E-state index contributed by atoms with van der Waals surface area (Å²) in [5, 5.41) is 6.44. The van der Waals surface area contributed by atoms with Crippen LogP contribution in [0.1, 0.15) is 117 Å².